The summed E-state index contributed by atoms with van der Waals surface area (Å²) in [5, 5.41) is 0. The van der Waals surface area contributed by atoms with E-state index in [0.717, 1.165) is 33.4 Å². The molecule has 140 valence electrons. The van der Waals surface area contributed by atoms with Gasteiger partial charge >= 0.3 is 0 Å². The van der Waals surface area contributed by atoms with Crippen LogP contribution in [0.4, 0.5) is 0 Å². The number of benzene rings is 2. The molecule has 0 saturated carbocycles. The first-order valence-electron chi connectivity index (χ1n) is 9.00. The summed E-state index contributed by atoms with van der Waals surface area (Å²) < 4.78 is 13.2. The number of hydrogen-bond donors (Lipinski definition) is 1. The molecule has 0 bridgehead atoms. The molecular weight excluding hydrogens is 351 g/mol. The first-order chi connectivity index (χ1) is 13.0. The van der Waals surface area contributed by atoms with Crippen LogP contribution in [0.1, 0.15) is 47.2 Å². The van der Waals surface area contributed by atoms with Crippen molar-refractivity contribution < 1.29 is 9.46 Å². The van der Waals surface area contributed by atoms with E-state index in [2.05, 4.69) is 13.2 Å². The zero-order valence-corrected chi connectivity index (χ0v) is 17.0. The van der Waals surface area contributed by atoms with Crippen molar-refractivity contribution in [2.24, 2.45) is 0 Å². The lowest BCUT2D eigenvalue weighted by Gasteiger charge is -2.18. The fourth-order valence-electron chi connectivity index (χ4n) is 3.22. The molecule has 0 fully saturated rings. The fourth-order valence-corrected chi connectivity index (χ4v) is 5.05. The first kappa shape index (κ1) is 20.9. The van der Waals surface area contributed by atoms with Crippen LogP contribution in [0.25, 0.3) is 24.3 Å². The second-order valence-corrected chi connectivity index (χ2v) is 8.73. The predicted molar refractivity (Wildman–Crippen MR) is 120 cm³/mol. The van der Waals surface area contributed by atoms with Crippen LogP contribution >= 0.6 is 7.37 Å². The molecule has 27 heavy (non-hydrogen) atoms. The molecule has 2 nitrogen and oxygen atoms in total. The van der Waals surface area contributed by atoms with Crippen molar-refractivity contribution in [3.05, 3.63) is 95.1 Å². The highest BCUT2D eigenvalue weighted by atomic mass is 31.2. The van der Waals surface area contributed by atoms with Crippen molar-refractivity contribution in [2.45, 2.75) is 26.2 Å². The summed E-state index contributed by atoms with van der Waals surface area (Å²) in [6.07, 6.45) is 11.5. The maximum atomic E-state index is 13.2. The molecule has 3 heteroatoms. The van der Waals surface area contributed by atoms with E-state index in [1.54, 1.807) is 12.2 Å². The average Bonchev–Trinajstić information content (AvgIpc) is 2.64. The molecule has 0 aliphatic rings. The first-order valence-corrected chi connectivity index (χ1v) is 11.0. The molecule has 0 spiro atoms. The summed E-state index contributed by atoms with van der Waals surface area (Å²) in [6, 6.07) is 11.7. The number of rotatable bonds is 8. The molecule has 0 radical (unpaired) electrons. The van der Waals surface area contributed by atoms with Gasteiger partial charge in [0, 0.05) is 0 Å². The Bertz CT molecular complexity index is 879. The molecular formula is C24H27O2P. The maximum Gasteiger partial charge on any atom is 0.209 e. The number of allylic oxidation sites excluding steroid dienone is 2. The molecule has 0 heterocycles. The molecule has 0 amide bonds. The Morgan fingerprint density at radius 1 is 0.815 bits per heavy atom. The van der Waals surface area contributed by atoms with Gasteiger partial charge in [-0.15, -0.1) is 0 Å². The van der Waals surface area contributed by atoms with Crippen LogP contribution in [-0.2, 0) is 16.9 Å². The predicted octanol–water partition coefficient (Wildman–Crippen LogP) is 7.01. The van der Waals surface area contributed by atoms with E-state index < -0.39 is 7.37 Å². The monoisotopic (exact) mass is 378 g/mol. The van der Waals surface area contributed by atoms with E-state index in [4.69, 9.17) is 0 Å². The normalized spacial score (nSPS) is 13.7. The van der Waals surface area contributed by atoms with Crippen molar-refractivity contribution in [2.75, 3.05) is 0 Å². The fraction of sp³-hybridized carbons (Fsp3) is 0.167. The third kappa shape index (κ3) is 5.29. The van der Waals surface area contributed by atoms with Crippen LogP contribution in [0, 0.1) is 0 Å². The molecule has 2 aromatic carbocycles. The Balaban J connectivity index is 2.48. The summed E-state index contributed by atoms with van der Waals surface area (Å²) in [7, 11) is -3.48. The smallest absolute Gasteiger partial charge is 0.209 e. The zero-order valence-electron chi connectivity index (χ0n) is 16.1. The van der Waals surface area contributed by atoms with Crippen molar-refractivity contribution in [1.29, 1.82) is 0 Å². The minimum Gasteiger partial charge on any atom is -0.344 e. The van der Waals surface area contributed by atoms with Crippen LogP contribution in [0.3, 0.4) is 0 Å². The lowest BCUT2D eigenvalue weighted by atomic mass is 10.0. The maximum absolute atomic E-state index is 13.2. The van der Waals surface area contributed by atoms with Crippen LogP contribution in [0.5, 0.6) is 0 Å². The molecule has 0 aliphatic carbocycles. The minimum atomic E-state index is -3.48. The van der Waals surface area contributed by atoms with Gasteiger partial charge in [0.05, 0.1) is 12.3 Å². The van der Waals surface area contributed by atoms with Crippen LogP contribution in [0.2, 0.25) is 0 Å². The van der Waals surface area contributed by atoms with Gasteiger partial charge in [-0.05, 0) is 47.2 Å². The van der Waals surface area contributed by atoms with Gasteiger partial charge in [0.1, 0.15) is 0 Å². The van der Waals surface area contributed by atoms with E-state index in [0.29, 0.717) is 0 Å². The van der Waals surface area contributed by atoms with Crippen molar-refractivity contribution in [3.8, 4) is 0 Å². The Hall–Kier alpha value is -2.41. The Morgan fingerprint density at radius 2 is 1.19 bits per heavy atom. The second-order valence-electron chi connectivity index (χ2n) is 6.40. The standard InChI is InChI=1S/C24H27O2P/c1-5-11-21-15-10-16-22(12-6-2)24(21)18-27(25,26)17-23-19(7-3)13-9-14-20(23)8-4/h5-16H,3-4,17-18H2,1-2H3,(H,25,26)/b11-5-,12-6+. The SMILES string of the molecule is C=Cc1cccc(C=C)c1CP(=O)(O)Cc1c(/C=C\C)cccc1/C=C/C. The minimum absolute atomic E-state index is 0.0933. The molecule has 2 aromatic rings. The highest BCUT2D eigenvalue weighted by molar-refractivity contribution is 7.56. The van der Waals surface area contributed by atoms with E-state index in [1.807, 2.05) is 74.5 Å². The van der Waals surface area contributed by atoms with Gasteiger partial charge in [0.25, 0.3) is 0 Å². The van der Waals surface area contributed by atoms with Crippen LogP contribution in [-0.4, -0.2) is 4.89 Å². The molecule has 1 N–H and O–H groups in total. The van der Waals surface area contributed by atoms with Gasteiger partial charge in [0.15, 0.2) is 0 Å². The zero-order chi connectivity index (χ0) is 19.9. The molecule has 2 rings (SSSR count). The molecule has 0 aliphatic heterocycles. The average molecular weight is 378 g/mol. The van der Waals surface area contributed by atoms with Gasteiger partial charge in [-0.2, -0.15) is 0 Å². The van der Waals surface area contributed by atoms with E-state index in [-0.39, 0.29) is 12.3 Å². The molecule has 1 unspecified atom stereocenters. The van der Waals surface area contributed by atoms with Crippen molar-refractivity contribution in [1.82, 2.24) is 0 Å². The van der Waals surface area contributed by atoms with Crippen LogP contribution < -0.4 is 0 Å². The highest BCUT2D eigenvalue weighted by Gasteiger charge is 2.24. The molecule has 0 saturated heterocycles. The van der Waals surface area contributed by atoms with Gasteiger partial charge in [-0.3, -0.25) is 4.57 Å². The third-order valence-electron chi connectivity index (χ3n) is 4.44. The van der Waals surface area contributed by atoms with E-state index in [9.17, 15) is 9.46 Å². The third-order valence-corrected chi connectivity index (χ3v) is 6.06. The topological polar surface area (TPSA) is 37.3 Å². The van der Waals surface area contributed by atoms with E-state index >= 15 is 0 Å². The van der Waals surface area contributed by atoms with Gasteiger partial charge in [-0.25, -0.2) is 0 Å². The van der Waals surface area contributed by atoms with Crippen LogP contribution in [0.15, 0.2) is 61.7 Å². The number of hydrogen-bond acceptors (Lipinski definition) is 1. The Labute approximate surface area is 162 Å². The summed E-state index contributed by atoms with van der Waals surface area (Å²) >= 11 is 0. The van der Waals surface area contributed by atoms with Gasteiger partial charge in [0.2, 0.25) is 7.37 Å². The quantitative estimate of drug-likeness (QED) is 0.502. The van der Waals surface area contributed by atoms with Crippen molar-refractivity contribution >= 4 is 31.7 Å². The highest BCUT2D eigenvalue weighted by Crippen LogP contribution is 2.50. The lowest BCUT2D eigenvalue weighted by Crippen LogP contribution is -2.00. The Kier molecular flexibility index (Phi) is 7.36. The van der Waals surface area contributed by atoms with E-state index in [1.165, 1.54) is 0 Å². The lowest BCUT2D eigenvalue weighted by molar-refractivity contribution is 0.475. The molecule has 1 atom stereocenters. The summed E-state index contributed by atoms with van der Waals surface area (Å²) in [4.78, 5) is 10.9. The molecule has 0 aromatic heterocycles. The summed E-state index contributed by atoms with van der Waals surface area (Å²) in [5.74, 6) is 0. The van der Waals surface area contributed by atoms with Crippen molar-refractivity contribution in [3.63, 3.8) is 0 Å². The van der Waals surface area contributed by atoms with Gasteiger partial charge < -0.3 is 4.89 Å². The summed E-state index contributed by atoms with van der Waals surface area (Å²) in [5.41, 5.74) is 5.42. The van der Waals surface area contributed by atoms with Gasteiger partial charge in [-0.1, -0.05) is 86.0 Å². The Morgan fingerprint density at radius 3 is 1.56 bits per heavy atom. The second kappa shape index (κ2) is 9.50. The summed E-state index contributed by atoms with van der Waals surface area (Å²) in [6.45, 7) is 11.6. The largest absolute Gasteiger partial charge is 0.344 e.